The normalized spacial score (nSPS) is 15.3. The number of ether oxygens (including phenoxy) is 1. The number of nitrogens with zero attached hydrogens (tertiary/aromatic N) is 1. The Balaban J connectivity index is 2.10. The molecule has 0 atom stereocenters. The number of carbonyl (C=O) groups excluding carboxylic acids is 2. The fraction of sp³-hybridized carbons (Fsp3) is 0.400. The van der Waals surface area contributed by atoms with Crippen molar-refractivity contribution in [2.75, 3.05) is 11.9 Å². The monoisotopic (exact) mass is 289 g/mol. The van der Waals surface area contributed by atoms with Crippen molar-refractivity contribution >= 4 is 23.8 Å². The number of pyridine rings is 1. The van der Waals surface area contributed by atoms with Crippen LogP contribution in [0.2, 0.25) is 0 Å². The maximum absolute atomic E-state index is 11.6. The molecule has 112 valence electrons. The lowest BCUT2D eigenvalue weighted by atomic mass is 10.1. The Morgan fingerprint density at radius 2 is 2.14 bits per heavy atom. The van der Waals surface area contributed by atoms with Crippen LogP contribution in [0.5, 0.6) is 0 Å². The summed E-state index contributed by atoms with van der Waals surface area (Å²) in [5.74, 6) is 0.0431. The average molecular weight is 289 g/mol. The third-order valence-electron chi connectivity index (χ3n) is 2.67. The summed E-state index contributed by atoms with van der Waals surface area (Å²) in [6.07, 6.45) is 4.62. The Labute approximate surface area is 123 Å². The molecule has 6 nitrogen and oxygen atoms in total. The van der Waals surface area contributed by atoms with E-state index in [1.54, 1.807) is 12.3 Å². The summed E-state index contributed by atoms with van der Waals surface area (Å²) in [6.45, 7) is 6.26. The van der Waals surface area contributed by atoms with E-state index >= 15 is 0 Å². The van der Waals surface area contributed by atoms with Crippen molar-refractivity contribution in [3.8, 4) is 0 Å². The molecule has 0 spiro atoms. The Morgan fingerprint density at radius 1 is 1.38 bits per heavy atom. The van der Waals surface area contributed by atoms with E-state index in [0.29, 0.717) is 12.4 Å². The number of nitrogens with one attached hydrogen (secondary N) is 2. The van der Waals surface area contributed by atoms with Crippen molar-refractivity contribution in [3.05, 3.63) is 29.5 Å². The summed E-state index contributed by atoms with van der Waals surface area (Å²) in [5, 5.41) is 5.73. The number of hydrogen-bond donors (Lipinski definition) is 2. The van der Waals surface area contributed by atoms with Crippen molar-refractivity contribution in [3.63, 3.8) is 0 Å². The fourth-order valence-corrected chi connectivity index (χ4v) is 1.85. The topological polar surface area (TPSA) is 80.3 Å². The highest BCUT2D eigenvalue weighted by Gasteiger charge is 2.15. The van der Waals surface area contributed by atoms with Crippen molar-refractivity contribution < 1.29 is 14.3 Å². The summed E-state index contributed by atoms with van der Waals surface area (Å²) in [4.78, 5) is 27.2. The first-order valence-corrected chi connectivity index (χ1v) is 6.74. The molecule has 2 heterocycles. The molecule has 0 unspecified atom stereocenters. The molecule has 2 rings (SSSR count). The molecule has 0 aliphatic carbocycles. The lowest BCUT2D eigenvalue weighted by molar-refractivity contribution is -0.148. The van der Waals surface area contributed by atoms with Gasteiger partial charge in [-0.05, 0) is 38.5 Å². The zero-order valence-corrected chi connectivity index (χ0v) is 12.4. The van der Waals surface area contributed by atoms with Gasteiger partial charge in [0, 0.05) is 24.4 Å². The van der Waals surface area contributed by atoms with Gasteiger partial charge in [-0.25, -0.2) is 9.78 Å². The molecule has 6 heteroatoms. The van der Waals surface area contributed by atoms with E-state index in [1.807, 2.05) is 26.8 Å². The zero-order chi connectivity index (χ0) is 15.5. The van der Waals surface area contributed by atoms with Gasteiger partial charge in [0.2, 0.25) is 5.91 Å². The Kier molecular flexibility index (Phi) is 4.37. The van der Waals surface area contributed by atoms with Crippen molar-refractivity contribution in [2.45, 2.75) is 32.9 Å². The first kappa shape index (κ1) is 15.2. The lowest BCUT2D eigenvalue weighted by Crippen LogP contribution is -2.23. The first-order valence-electron chi connectivity index (χ1n) is 6.74. The van der Waals surface area contributed by atoms with E-state index in [9.17, 15) is 9.59 Å². The summed E-state index contributed by atoms with van der Waals surface area (Å²) < 4.78 is 5.19. The maximum atomic E-state index is 11.6. The van der Waals surface area contributed by atoms with Gasteiger partial charge >= 0.3 is 5.97 Å². The highest BCUT2D eigenvalue weighted by atomic mass is 16.6. The van der Waals surface area contributed by atoms with E-state index < -0.39 is 11.6 Å². The second kappa shape index (κ2) is 6.05. The van der Waals surface area contributed by atoms with Gasteiger partial charge in [-0.1, -0.05) is 0 Å². The Bertz CT molecular complexity index is 588. The van der Waals surface area contributed by atoms with E-state index in [-0.39, 0.29) is 12.5 Å². The van der Waals surface area contributed by atoms with Gasteiger partial charge in [-0.3, -0.25) is 4.79 Å². The van der Waals surface area contributed by atoms with Gasteiger partial charge in [0.25, 0.3) is 0 Å². The van der Waals surface area contributed by atoms with E-state index in [0.717, 1.165) is 11.1 Å². The Morgan fingerprint density at radius 3 is 2.86 bits per heavy atom. The fourth-order valence-electron chi connectivity index (χ4n) is 1.85. The second-order valence-corrected chi connectivity index (χ2v) is 5.79. The molecule has 0 fully saturated rings. The number of rotatable bonds is 2. The van der Waals surface area contributed by atoms with Crippen LogP contribution in [0.25, 0.3) is 6.08 Å². The molecule has 1 amide bonds. The minimum Gasteiger partial charge on any atom is -0.457 e. The predicted molar refractivity (Wildman–Crippen MR) is 79.5 cm³/mol. The summed E-state index contributed by atoms with van der Waals surface area (Å²) in [7, 11) is 0. The van der Waals surface area contributed by atoms with Crippen LogP contribution >= 0.6 is 0 Å². The molecule has 0 aromatic carbocycles. The highest BCUT2D eigenvalue weighted by molar-refractivity contribution is 5.93. The molecule has 0 radical (unpaired) electrons. The van der Waals surface area contributed by atoms with Crippen LogP contribution in [0.4, 0.5) is 5.82 Å². The summed E-state index contributed by atoms with van der Waals surface area (Å²) in [5.41, 5.74) is 1.14. The molecule has 2 N–H and O–H groups in total. The molecule has 0 saturated carbocycles. The van der Waals surface area contributed by atoms with E-state index in [4.69, 9.17) is 4.74 Å². The van der Waals surface area contributed by atoms with Crippen molar-refractivity contribution in [1.82, 2.24) is 10.3 Å². The quantitative estimate of drug-likeness (QED) is 0.636. The van der Waals surface area contributed by atoms with Crippen LogP contribution in [-0.4, -0.2) is 29.0 Å². The van der Waals surface area contributed by atoms with Crippen molar-refractivity contribution in [1.29, 1.82) is 0 Å². The molecule has 1 aliphatic heterocycles. The highest BCUT2D eigenvalue weighted by Crippen LogP contribution is 2.17. The van der Waals surface area contributed by atoms with Gasteiger partial charge in [-0.2, -0.15) is 0 Å². The minimum absolute atomic E-state index is 0.113. The third-order valence-corrected chi connectivity index (χ3v) is 2.67. The lowest BCUT2D eigenvalue weighted by Gasteiger charge is -2.17. The average Bonchev–Trinajstić information content (AvgIpc) is 2.54. The zero-order valence-electron chi connectivity index (χ0n) is 12.4. The molecule has 21 heavy (non-hydrogen) atoms. The van der Waals surface area contributed by atoms with E-state index in [2.05, 4.69) is 15.6 Å². The Hall–Kier alpha value is -2.21. The molecular formula is C15H19N3O3. The molecule has 1 aromatic heterocycles. The molecule has 1 aliphatic rings. The van der Waals surface area contributed by atoms with Crippen LogP contribution in [0, 0.1) is 0 Å². The number of aromatic nitrogens is 1. The van der Waals surface area contributed by atoms with Gasteiger partial charge in [-0.15, -0.1) is 0 Å². The minimum atomic E-state index is -0.512. The van der Waals surface area contributed by atoms with Crippen LogP contribution in [-0.2, 0) is 20.9 Å². The molecule has 1 aromatic rings. The summed E-state index contributed by atoms with van der Waals surface area (Å²) in [6, 6.07) is 1.88. The summed E-state index contributed by atoms with van der Waals surface area (Å²) >= 11 is 0. The van der Waals surface area contributed by atoms with Crippen molar-refractivity contribution in [2.24, 2.45) is 0 Å². The van der Waals surface area contributed by atoms with Gasteiger partial charge in [0.1, 0.15) is 11.4 Å². The largest absolute Gasteiger partial charge is 0.457 e. The predicted octanol–water partition coefficient (Wildman–Crippen LogP) is 1.48. The number of amides is 1. The maximum Gasteiger partial charge on any atom is 0.331 e. The van der Waals surface area contributed by atoms with Crippen LogP contribution < -0.4 is 10.6 Å². The standard InChI is InChI=1S/C15H19N3O3/c1-15(2,3)21-13(20)5-4-10-6-11-8-16-9-12(19)18-14(11)17-7-10/h4-7,16H,8-9H2,1-3H3,(H,17,18,19). The van der Waals surface area contributed by atoms with Gasteiger partial charge < -0.3 is 15.4 Å². The van der Waals surface area contributed by atoms with Gasteiger partial charge in [0.15, 0.2) is 0 Å². The number of carbonyl (C=O) groups is 2. The number of fused-ring (bicyclic) bond motifs is 1. The van der Waals surface area contributed by atoms with Crippen LogP contribution in [0.15, 0.2) is 18.3 Å². The van der Waals surface area contributed by atoms with Crippen LogP contribution in [0.1, 0.15) is 31.9 Å². The SMILES string of the molecule is CC(C)(C)OC(=O)C=Cc1cnc2c(c1)CNCC(=O)N2. The van der Waals surface area contributed by atoms with Gasteiger partial charge in [0.05, 0.1) is 6.54 Å². The number of anilines is 1. The second-order valence-electron chi connectivity index (χ2n) is 5.79. The first-order chi connectivity index (χ1) is 9.83. The molecular weight excluding hydrogens is 270 g/mol. The molecule has 0 saturated heterocycles. The smallest absolute Gasteiger partial charge is 0.331 e. The van der Waals surface area contributed by atoms with Crippen LogP contribution in [0.3, 0.4) is 0 Å². The third kappa shape index (κ3) is 4.68. The number of esters is 1. The number of hydrogen-bond acceptors (Lipinski definition) is 5. The molecule has 0 bridgehead atoms. The van der Waals surface area contributed by atoms with E-state index in [1.165, 1.54) is 6.08 Å².